The molecule has 0 radical (unpaired) electrons. The first kappa shape index (κ1) is 19.9. The predicted octanol–water partition coefficient (Wildman–Crippen LogP) is 2.91. The first-order chi connectivity index (χ1) is 13.6. The largest absolute Gasteiger partial charge is 0.497 e. The number of carbonyl (C=O) groups is 1. The number of carbonyl (C=O) groups excluding carboxylic acids is 1. The van der Waals surface area contributed by atoms with Gasteiger partial charge in [-0.3, -0.25) is 4.79 Å². The van der Waals surface area contributed by atoms with E-state index in [9.17, 15) is 4.79 Å². The minimum Gasteiger partial charge on any atom is -0.497 e. The molecule has 150 valence electrons. The highest BCUT2D eigenvalue weighted by Crippen LogP contribution is 2.21. The van der Waals surface area contributed by atoms with Gasteiger partial charge >= 0.3 is 0 Å². The monoisotopic (exact) mass is 383 g/mol. The molecule has 2 aromatic rings. The Kier molecular flexibility index (Phi) is 6.68. The lowest BCUT2D eigenvalue weighted by Crippen LogP contribution is -2.49. The van der Waals surface area contributed by atoms with Crippen LogP contribution in [-0.2, 0) is 0 Å². The van der Waals surface area contributed by atoms with Crippen LogP contribution in [0.4, 0.5) is 11.6 Å². The molecule has 1 aromatic carbocycles. The molecule has 1 amide bonds. The van der Waals surface area contributed by atoms with Gasteiger partial charge in [-0.15, -0.1) is 0 Å². The molecule has 0 unspecified atom stereocenters. The van der Waals surface area contributed by atoms with Gasteiger partial charge in [0.25, 0.3) is 5.91 Å². The van der Waals surface area contributed by atoms with E-state index in [1.54, 1.807) is 19.4 Å². The molecule has 0 bridgehead atoms. The Morgan fingerprint density at radius 2 is 1.86 bits per heavy atom. The average Bonchev–Trinajstić information content (AvgIpc) is 2.73. The number of nitrogens with zero attached hydrogens (tertiary/aromatic N) is 4. The molecular weight excluding hydrogens is 354 g/mol. The van der Waals surface area contributed by atoms with Crippen LogP contribution in [0.1, 0.15) is 30.8 Å². The van der Waals surface area contributed by atoms with Crippen LogP contribution in [0, 0.1) is 5.92 Å². The van der Waals surface area contributed by atoms with Gasteiger partial charge in [0.1, 0.15) is 11.4 Å². The van der Waals surface area contributed by atoms with Crippen LogP contribution in [0.5, 0.6) is 5.75 Å². The van der Waals surface area contributed by atoms with E-state index in [1.807, 2.05) is 17.0 Å². The minimum absolute atomic E-state index is 0.0382. The summed E-state index contributed by atoms with van der Waals surface area (Å²) in [6, 6.07) is 9.71. The maximum atomic E-state index is 12.8. The summed E-state index contributed by atoms with van der Waals surface area (Å²) in [5.41, 5.74) is 1.59. The van der Waals surface area contributed by atoms with Crippen LogP contribution in [0.25, 0.3) is 0 Å². The van der Waals surface area contributed by atoms with Crippen molar-refractivity contribution in [2.24, 2.45) is 5.92 Å². The highest BCUT2D eigenvalue weighted by atomic mass is 16.5. The van der Waals surface area contributed by atoms with Gasteiger partial charge in [0, 0.05) is 44.6 Å². The molecule has 3 rings (SSSR count). The van der Waals surface area contributed by atoms with Crippen molar-refractivity contribution in [3.63, 3.8) is 0 Å². The number of hydrogen-bond acceptors (Lipinski definition) is 6. The van der Waals surface area contributed by atoms with Gasteiger partial charge in [0.05, 0.1) is 7.11 Å². The number of nitrogens with one attached hydrogen (secondary N) is 1. The number of piperazine rings is 1. The van der Waals surface area contributed by atoms with Gasteiger partial charge in [-0.2, -0.15) is 0 Å². The van der Waals surface area contributed by atoms with E-state index >= 15 is 0 Å². The lowest BCUT2D eigenvalue weighted by Gasteiger charge is -2.36. The summed E-state index contributed by atoms with van der Waals surface area (Å²) in [6.45, 7) is 8.08. The van der Waals surface area contributed by atoms with Gasteiger partial charge < -0.3 is 19.9 Å². The number of benzene rings is 1. The third kappa shape index (κ3) is 5.12. The van der Waals surface area contributed by atoms with E-state index < -0.39 is 0 Å². The van der Waals surface area contributed by atoms with Crippen LogP contribution >= 0.6 is 0 Å². The number of ether oxygens (including phenoxy) is 1. The first-order valence-corrected chi connectivity index (χ1v) is 9.82. The van der Waals surface area contributed by atoms with Crippen LogP contribution < -0.4 is 15.0 Å². The molecule has 0 spiro atoms. The fourth-order valence-corrected chi connectivity index (χ4v) is 3.16. The fraction of sp³-hybridized carbons (Fsp3) is 0.476. The second-order valence-corrected chi connectivity index (χ2v) is 7.35. The normalized spacial score (nSPS) is 14.3. The second-order valence-electron chi connectivity index (χ2n) is 7.35. The molecule has 1 aliphatic heterocycles. The summed E-state index contributed by atoms with van der Waals surface area (Å²) < 4.78 is 5.21. The summed E-state index contributed by atoms with van der Waals surface area (Å²) in [4.78, 5) is 25.6. The van der Waals surface area contributed by atoms with Gasteiger partial charge in [0.2, 0.25) is 5.95 Å². The van der Waals surface area contributed by atoms with Crippen LogP contribution in [0.3, 0.4) is 0 Å². The third-order valence-electron chi connectivity index (χ3n) is 4.88. The Hall–Kier alpha value is -2.83. The second kappa shape index (κ2) is 9.39. The van der Waals surface area contributed by atoms with Crippen molar-refractivity contribution < 1.29 is 9.53 Å². The summed E-state index contributed by atoms with van der Waals surface area (Å²) >= 11 is 0. The summed E-state index contributed by atoms with van der Waals surface area (Å²) in [7, 11) is 1.66. The van der Waals surface area contributed by atoms with E-state index in [0.29, 0.717) is 30.6 Å². The molecule has 1 aliphatic rings. The van der Waals surface area contributed by atoms with E-state index in [-0.39, 0.29) is 5.91 Å². The molecular formula is C21H29N5O2. The maximum Gasteiger partial charge on any atom is 0.272 e. The Bertz CT molecular complexity index is 771. The summed E-state index contributed by atoms with van der Waals surface area (Å²) in [6.07, 6.45) is 2.68. The summed E-state index contributed by atoms with van der Waals surface area (Å²) in [5, 5.41) is 3.20. The van der Waals surface area contributed by atoms with Gasteiger partial charge in [0.15, 0.2) is 0 Å². The third-order valence-corrected chi connectivity index (χ3v) is 4.88. The van der Waals surface area contributed by atoms with Gasteiger partial charge in [-0.05, 0) is 42.7 Å². The highest BCUT2D eigenvalue weighted by Gasteiger charge is 2.23. The van der Waals surface area contributed by atoms with Crippen molar-refractivity contribution >= 4 is 17.5 Å². The molecule has 1 aromatic heterocycles. The molecule has 2 heterocycles. The molecule has 1 saturated heterocycles. The van der Waals surface area contributed by atoms with Crippen molar-refractivity contribution in [3.05, 3.63) is 42.2 Å². The Labute approximate surface area is 166 Å². The number of hydrogen-bond donors (Lipinski definition) is 1. The van der Waals surface area contributed by atoms with Crippen molar-refractivity contribution in [2.45, 2.75) is 20.3 Å². The van der Waals surface area contributed by atoms with E-state index in [1.165, 1.54) is 0 Å². The lowest BCUT2D eigenvalue weighted by atomic mass is 10.1. The number of aromatic nitrogens is 2. The number of methoxy groups -OCH3 is 1. The number of rotatable bonds is 7. The average molecular weight is 383 g/mol. The smallest absolute Gasteiger partial charge is 0.272 e. The molecule has 7 nitrogen and oxygen atoms in total. The number of amides is 1. The SMILES string of the molecule is COc1ccc(N2CCN(C(=O)c3ccnc(NCCC(C)C)n3)CC2)cc1. The molecule has 0 atom stereocenters. The van der Waals surface area contributed by atoms with Crippen molar-refractivity contribution in [2.75, 3.05) is 50.1 Å². The minimum atomic E-state index is -0.0382. The fourth-order valence-electron chi connectivity index (χ4n) is 3.16. The topological polar surface area (TPSA) is 70.6 Å². The van der Waals surface area contributed by atoms with Crippen molar-refractivity contribution in [3.8, 4) is 5.75 Å². The molecule has 0 aliphatic carbocycles. The lowest BCUT2D eigenvalue weighted by molar-refractivity contribution is 0.0741. The Balaban J connectivity index is 1.55. The van der Waals surface area contributed by atoms with E-state index in [2.05, 4.69) is 46.2 Å². The molecule has 1 N–H and O–H groups in total. The Morgan fingerprint density at radius 1 is 1.14 bits per heavy atom. The molecule has 1 fully saturated rings. The van der Waals surface area contributed by atoms with Crippen molar-refractivity contribution in [1.29, 1.82) is 0 Å². The maximum absolute atomic E-state index is 12.8. The zero-order valence-corrected chi connectivity index (χ0v) is 16.9. The number of anilines is 2. The molecule has 0 saturated carbocycles. The first-order valence-electron chi connectivity index (χ1n) is 9.82. The standard InChI is InChI=1S/C21H29N5O2/c1-16(2)8-10-22-21-23-11-9-19(24-21)20(27)26-14-12-25(13-15-26)17-4-6-18(28-3)7-5-17/h4-7,9,11,16H,8,10,12-15H2,1-3H3,(H,22,23,24). The summed E-state index contributed by atoms with van der Waals surface area (Å²) in [5.74, 6) is 1.94. The Morgan fingerprint density at radius 3 is 2.50 bits per heavy atom. The van der Waals surface area contributed by atoms with Crippen LogP contribution in [-0.4, -0.2) is 60.6 Å². The molecule has 28 heavy (non-hydrogen) atoms. The van der Waals surface area contributed by atoms with Gasteiger partial charge in [-0.25, -0.2) is 9.97 Å². The zero-order chi connectivity index (χ0) is 19.9. The van der Waals surface area contributed by atoms with Crippen LogP contribution in [0.2, 0.25) is 0 Å². The van der Waals surface area contributed by atoms with E-state index in [0.717, 1.165) is 37.5 Å². The zero-order valence-electron chi connectivity index (χ0n) is 16.9. The quantitative estimate of drug-likeness (QED) is 0.793. The highest BCUT2D eigenvalue weighted by molar-refractivity contribution is 5.92. The van der Waals surface area contributed by atoms with E-state index in [4.69, 9.17) is 4.74 Å². The predicted molar refractivity (Wildman–Crippen MR) is 111 cm³/mol. The van der Waals surface area contributed by atoms with Gasteiger partial charge in [-0.1, -0.05) is 13.8 Å². The van der Waals surface area contributed by atoms with Crippen LogP contribution in [0.15, 0.2) is 36.5 Å². The van der Waals surface area contributed by atoms with Crippen molar-refractivity contribution in [1.82, 2.24) is 14.9 Å². The molecule has 7 heteroatoms.